The van der Waals surface area contributed by atoms with E-state index in [-0.39, 0.29) is 0 Å². The van der Waals surface area contributed by atoms with Gasteiger partial charge in [-0.05, 0) is 19.9 Å². The largest absolute Gasteiger partial charge is 0.296 e. The van der Waals surface area contributed by atoms with Crippen LogP contribution in [0.3, 0.4) is 0 Å². The number of carbonyl (C=O) groups is 1. The number of fused-ring (bicyclic) bond motifs is 1. The lowest BCUT2D eigenvalue weighted by Gasteiger charge is -2.07. The molecule has 4 heteroatoms. The zero-order valence-corrected chi connectivity index (χ0v) is 8.23. The van der Waals surface area contributed by atoms with Crippen molar-refractivity contribution in [3.05, 3.63) is 17.0 Å². The highest BCUT2D eigenvalue weighted by atomic mass is 16.1. The van der Waals surface area contributed by atoms with Crippen molar-refractivity contribution >= 4 is 6.29 Å². The standard InChI is InChI=1S/C10H13N3O/c1-12-4-8-9(5-12)11-13(7-2-3-7)10(8)6-14/h6-7H,2-5H2,1H3. The van der Waals surface area contributed by atoms with Gasteiger partial charge in [-0.15, -0.1) is 0 Å². The minimum absolute atomic E-state index is 0.506. The van der Waals surface area contributed by atoms with Gasteiger partial charge in [-0.3, -0.25) is 14.4 Å². The Morgan fingerprint density at radius 1 is 1.43 bits per heavy atom. The third-order valence-corrected chi connectivity index (χ3v) is 2.98. The maximum atomic E-state index is 11.0. The summed E-state index contributed by atoms with van der Waals surface area (Å²) in [7, 11) is 2.05. The summed E-state index contributed by atoms with van der Waals surface area (Å²) in [4.78, 5) is 13.2. The van der Waals surface area contributed by atoms with Crippen LogP contribution in [0.2, 0.25) is 0 Å². The van der Waals surface area contributed by atoms with E-state index in [0.29, 0.717) is 6.04 Å². The number of hydrogen-bond donors (Lipinski definition) is 0. The van der Waals surface area contributed by atoms with Crippen molar-refractivity contribution in [3.8, 4) is 0 Å². The summed E-state index contributed by atoms with van der Waals surface area (Å²) in [5.41, 5.74) is 3.06. The molecular weight excluding hydrogens is 178 g/mol. The van der Waals surface area contributed by atoms with E-state index in [1.807, 2.05) is 4.68 Å². The Kier molecular flexibility index (Phi) is 1.56. The zero-order chi connectivity index (χ0) is 9.71. The van der Waals surface area contributed by atoms with Gasteiger partial charge in [0.25, 0.3) is 0 Å². The number of nitrogens with zero attached hydrogens (tertiary/aromatic N) is 3. The van der Waals surface area contributed by atoms with Crippen LogP contribution in [0.5, 0.6) is 0 Å². The average Bonchev–Trinajstić information content (AvgIpc) is 2.85. The van der Waals surface area contributed by atoms with E-state index in [0.717, 1.165) is 36.3 Å². The Balaban J connectivity index is 2.08. The summed E-state index contributed by atoms with van der Waals surface area (Å²) in [5, 5.41) is 4.52. The molecule has 14 heavy (non-hydrogen) atoms. The molecule has 4 nitrogen and oxygen atoms in total. The van der Waals surface area contributed by atoms with E-state index in [1.54, 1.807) is 0 Å². The van der Waals surface area contributed by atoms with Crippen LogP contribution < -0.4 is 0 Å². The number of aldehydes is 1. The van der Waals surface area contributed by atoms with Crippen LogP contribution in [-0.2, 0) is 13.1 Å². The predicted molar refractivity (Wildman–Crippen MR) is 51.1 cm³/mol. The summed E-state index contributed by atoms with van der Waals surface area (Å²) in [6.07, 6.45) is 3.32. The third kappa shape index (κ3) is 1.04. The number of hydrogen-bond acceptors (Lipinski definition) is 3. The van der Waals surface area contributed by atoms with E-state index in [4.69, 9.17) is 0 Å². The molecule has 1 aliphatic heterocycles. The number of carbonyl (C=O) groups excluding carboxylic acids is 1. The molecule has 0 N–H and O–H groups in total. The van der Waals surface area contributed by atoms with E-state index in [9.17, 15) is 4.79 Å². The topological polar surface area (TPSA) is 38.1 Å². The molecule has 1 fully saturated rings. The second-order valence-electron chi connectivity index (χ2n) is 4.28. The average molecular weight is 191 g/mol. The molecule has 0 atom stereocenters. The fraction of sp³-hybridized carbons (Fsp3) is 0.600. The lowest BCUT2D eigenvalue weighted by Crippen LogP contribution is -2.12. The van der Waals surface area contributed by atoms with Gasteiger partial charge in [0.15, 0.2) is 6.29 Å². The second-order valence-corrected chi connectivity index (χ2v) is 4.28. The first-order valence-electron chi connectivity index (χ1n) is 5.03. The molecule has 1 aliphatic carbocycles. The van der Waals surface area contributed by atoms with E-state index in [1.165, 1.54) is 12.8 Å². The van der Waals surface area contributed by atoms with E-state index in [2.05, 4.69) is 17.0 Å². The maximum absolute atomic E-state index is 11.0. The van der Waals surface area contributed by atoms with Gasteiger partial charge in [-0.2, -0.15) is 5.10 Å². The third-order valence-electron chi connectivity index (χ3n) is 2.98. The second kappa shape index (κ2) is 2.67. The smallest absolute Gasteiger partial charge is 0.168 e. The summed E-state index contributed by atoms with van der Waals surface area (Å²) in [6, 6.07) is 0.506. The van der Waals surface area contributed by atoms with Crippen LogP contribution in [0.1, 0.15) is 40.6 Å². The molecule has 0 bridgehead atoms. The van der Waals surface area contributed by atoms with Gasteiger partial charge in [0.1, 0.15) is 5.69 Å². The van der Waals surface area contributed by atoms with Crippen molar-refractivity contribution in [2.45, 2.75) is 32.0 Å². The fourth-order valence-electron chi connectivity index (χ4n) is 2.13. The summed E-state index contributed by atoms with van der Waals surface area (Å²) >= 11 is 0. The molecule has 0 aromatic carbocycles. The number of aromatic nitrogens is 2. The summed E-state index contributed by atoms with van der Waals surface area (Å²) < 4.78 is 1.94. The van der Waals surface area contributed by atoms with Gasteiger partial charge in [0, 0.05) is 18.7 Å². The van der Waals surface area contributed by atoms with Crippen molar-refractivity contribution < 1.29 is 4.79 Å². The Labute approximate surface area is 82.5 Å². The van der Waals surface area contributed by atoms with Crippen LogP contribution in [-0.4, -0.2) is 28.0 Å². The molecular formula is C10H13N3O. The van der Waals surface area contributed by atoms with Crippen molar-refractivity contribution in [2.24, 2.45) is 0 Å². The van der Waals surface area contributed by atoms with Gasteiger partial charge in [-0.1, -0.05) is 0 Å². The van der Waals surface area contributed by atoms with Crippen molar-refractivity contribution in [2.75, 3.05) is 7.05 Å². The lowest BCUT2D eigenvalue weighted by atomic mass is 10.2. The Morgan fingerprint density at radius 3 is 2.86 bits per heavy atom. The summed E-state index contributed by atoms with van der Waals surface area (Å²) in [6.45, 7) is 1.76. The molecule has 2 aliphatic rings. The molecule has 74 valence electrons. The first-order chi connectivity index (χ1) is 6.79. The Hall–Kier alpha value is -1.16. The highest BCUT2D eigenvalue weighted by molar-refractivity contribution is 5.75. The minimum Gasteiger partial charge on any atom is -0.296 e. The van der Waals surface area contributed by atoms with E-state index < -0.39 is 0 Å². The maximum Gasteiger partial charge on any atom is 0.168 e. The highest BCUT2D eigenvalue weighted by Gasteiger charge is 2.32. The SMILES string of the molecule is CN1Cc2nn(C3CC3)c(C=O)c2C1. The van der Waals surface area contributed by atoms with Gasteiger partial charge in [-0.25, -0.2) is 0 Å². The molecule has 0 unspecified atom stereocenters. The van der Waals surface area contributed by atoms with Crippen molar-refractivity contribution in [3.63, 3.8) is 0 Å². The molecule has 0 radical (unpaired) electrons. The highest BCUT2D eigenvalue weighted by Crippen LogP contribution is 2.37. The Morgan fingerprint density at radius 2 is 2.21 bits per heavy atom. The van der Waals surface area contributed by atoms with Crippen molar-refractivity contribution in [1.29, 1.82) is 0 Å². The quantitative estimate of drug-likeness (QED) is 0.654. The fourth-order valence-corrected chi connectivity index (χ4v) is 2.13. The lowest BCUT2D eigenvalue weighted by molar-refractivity contribution is 0.111. The van der Waals surface area contributed by atoms with Crippen LogP contribution in [0.4, 0.5) is 0 Å². The summed E-state index contributed by atoms with van der Waals surface area (Å²) in [5.74, 6) is 0. The van der Waals surface area contributed by atoms with Crippen LogP contribution in [0.25, 0.3) is 0 Å². The van der Waals surface area contributed by atoms with Crippen molar-refractivity contribution in [1.82, 2.24) is 14.7 Å². The monoisotopic (exact) mass is 191 g/mol. The van der Waals surface area contributed by atoms with Gasteiger partial charge in [0.05, 0.1) is 11.7 Å². The zero-order valence-electron chi connectivity index (χ0n) is 8.23. The molecule has 0 saturated heterocycles. The molecule has 1 aromatic heterocycles. The van der Waals surface area contributed by atoms with Crippen LogP contribution >= 0.6 is 0 Å². The normalized spacial score (nSPS) is 21.2. The van der Waals surface area contributed by atoms with Gasteiger partial charge in [0.2, 0.25) is 0 Å². The first kappa shape index (κ1) is 8.17. The first-order valence-corrected chi connectivity index (χ1v) is 5.03. The Bertz CT molecular complexity index is 392. The molecule has 1 aromatic rings. The minimum atomic E-state index is 0.506. The molecule has 3 rings (SSSR count). The number of rotatable bonds is 2. The van der Waals surface area contributed by atoms with E-state index >= 15 is 0 Å². The van der Waals surface area contributed by atoms with Gasteiger partial charge >= 0.3 is 0 Å². The van der Waals surface area contributed by atoms with Gasteiger partial charge < -0.3 is 0 Å². The molecule has 0 spiro atoms. The molecule has 1 saturated carbocycles. The van der Waals surface area contributed by atoms with Crippen LogP contribution in [0, 0.1) is 0 Å². The molecule has 2 heterocycles. The predicted octanol–water partition coefficient (Wildman–Crippen LogP) is 0.976. The van der Waals surface area contributed by atoms with Crippen LogP contribution in [0.15, 0.2) is 0 Å². The molecule has 0 amide bonds.